The minimum Gasteiger partial charge on any atom is -0.378 e. The van der Waals surface area contributed by atoms with Gasteiger partial charge in [-0.2, -0.15) is 0 Å². The highest BCUT2D eigenvalue weighted by atomic mass is 16.5. The summed E-state index contributed by atoms with van der Waals surface area (Å²) in [5.41, 5.74) is 5.16. The van der Waals surface area contributed by atoms with E-state index < -0.39 is 0 Å². The van der Waals surface area contributed by atoms with Crippen LogP contribution in [0.1, 0.15) is 58.4 Å². The Morgan fingerprint density at radius 3 is 2.88 bits per heavy atom. The van der Waals surface area contributed by atoms with Gasteiger partial charge in [-0.25, -0.2) is 15.0 Å². The number of hydrogen-bond donors (Lipinski definition) is 1. The number of amides is 1. The van der Waals surface area contributed by atoms with E-state index in [1.165, 1.54) is 18.5 Å². The van der Waals surface area contributed by atoms with Gasteiger partial charge >= 0.3 is 0 Å². The number of aryl methyl sites for hydroxylation is 1. The number of imidazole rings is 2. The van der Waals surface area contributed by atoms with Gasteiger partial charge in [0.25, 0.3) is 5.91 Å². The Morgan fingerprint density at radius 1 is 1.24 bits per heavy atom. The molecule has 1 amide bonds. The number of nitrogens with one attached hydrogen (secondary N) is 1. The highest BCUT2D eigenvalue weighted by Crippen LogP contribution is 2.53. The van der Waals surface area contributed by atoms with Gasteiger partial charge in [-0.05, 0) is 37.3 Å². The van der Waals surface area contributed by atoms with Crippen molar-refractivity contribution in [2.24, 2.45) is 12.5 Å². The van der Waals surface area contributed by atoms with Gasteiger partial charge < -0.3 is 24.1 Å². The molecule has 1 saturated heterocycles. The summed E-state index contributed by atoms with van der Waals surface area (Å²) in [5, 5.41) is 3.09. The number of ether oxygens (including phenoxy) is 1. The average Bonchev–Trinajstić information content (AvgIpc) is 3.09. The quantitative estimate of drug-likeness (QED) is 0.597. The lowest BCUT2D eigenvalue weighted by Crippen LogP contribution is -2.49. The van der Waals surface area contributed by atoms with E-state index in [1.807, 2.05) is 16.2 Å². The van der Waals surface area contributed by atoms with E-state index in [1.54, 1.807) is 26.0 Å². The van der Waals surface area contributed by atoms with E-state index in [9.17, 15) is 4.79 Å². The van der Waals surface area contributed by atoms with Crippen LogP contribution in [0.4, 0.5) is 5.82 Å². The van der Waals surface area contributed by atoms with Crippen LogP contribution in [0.15, 0.2) is 31.0 Å². The molecule has 2 aliphatic carbocycles. The van der Waals surface area contributed by atoms with Crippen molar-refractivity contribution in [3.8, 4) is 0 Å². The van der Waals surface area contributed by atoms with Gasteiger partial charge in [0.1, 0.15) is 11.5 Å². The summed E-state index contributed by atoms with van der Waals surface area (Å²) in [7, 11) is 3.68. The minimum atomic E-state index is -0.172. The first-order valence-corrected chi connectivity index (χ1v) is 11.6. The number of carbonyl (C=O) groups is 1. The lowest BCUT2D eigenvalue weighted by Gasteiger charge is -2.41. The largest absolute Gasteiger partial charge is 0.378 e. The number of anilines is 1. The second-order valence-electron chi connectivity index (χ2n) is 9.75. The minimum absolute atomic E-state index is 0.0554. The Kier molecular flexibility index (Phi) is 4.76. The van der Waals surface area contributed by atoms with Crippen LogP contribution < -0.4 is 10.2 Å². The smallest absolute Gasteiger partial charge is 0.272 e. The lowest BCUT2D eigenvalue weighted by molar-refractivity contribution is 0.0931. The highest BCUT2D eigenvalue weighted by molar-refractivity contribution is 5.92. The summed E-state index contributed by atoms with van der Waals surface area (Å²) >= 11 is 0. The molecule has 0 unspecified atom stereocenters. The number of pyridine rings is 1. The fourth-order valence-corrected chi connectivity index (χ4v) is 5.14. The Labute approximate surface area is 192 Å². The third-order valence-corrected chi connectivity index (χ3v) is 7.28. The first kappa shape index (κ1) is 20.4. The predicted molar refractivity (Wildman–Crippen MR) is 122 cm³/mol. The topological polar surface area (TPSA) is 90.1 Å². The van der Waals surface area contributed by atoms with E-state index in [4.69, 9.17) is 9.72 Å². The maximum Gasteiger partial charge on any atom is 0.272 e. The molecule has 9 nitrogen and oxygen atoms in total. The van der Waals surface area contributed by atoms with Crippen LogP contribution in [-0.2, 0) is 31.4 Å². The number of rotatable bonds is 7. The summed E-state index contributed by atoms with van der Waals surface area (Å²) in [6.45, 7) is 3.28. The molecule has 33 heavy (non-hydrogen) atoms. The fourth-order valence-electron chi connectivity index (χ4n) is 5.14. The molecule has 6 rings (SSSR count). The van der Waals surface area contributed by atoms with Crippen LogP contribution in [0.25, 0.3) is 0 Å². The number of methoxy groups -OCH3 is 1. The van der Waals surface area contributed by atoms with Crippen LogP contribution in [0.3, 0.4) is 0 Å². The molecule has 3 aliphatic rings. The van der Waals surface area contributed by atoms with Crippen LogP contribution in [0.5, 0.6) is 0 Å². The van der Waals surface area contributed by atoms with Crippen molar-refractivity contribution in [1.82, 2.24) is 29.4 Å². The van der Waals surface area contributed by atoms with Gasteiger partial charge in [-0.15, -0.1) is 0 Å². The summed E-state index contributed by atoms with van der Waals surface area (Å²) in [5.74, 6) is 0.856. The molecule has 2 fully saturated rings. The molecule has 9 heteroatoms. The molecule has 0 radical (unpaired) electrons. The summed E-state index contributed by atoms with van der Waals surface area (Å²) < 4.78 is 9.37. The summed E-state index contributed by atoms with van der Waals surface area (Å²) in [4.78, 5) is 28.9. The SMILES string of the molecule is COCc1nc(N2CC3(CC3)C2)ccc1Cn1cnc(C(=O)N[C@@H]2CCc3c2ncn3C)c1. The lowest BCUT2D eigenvalue weighted by atomic mass is 9.97. The van der Waals surface area contributed by atoms with Crippen molar-refractivity contribution < 1.29 is 9.53 Å². The van der Waals surface area contributed by atoms with Gasteiger partial charge in [0, 0.05) is 44.6 Å². The van der Waals surface area contributed by atoms with E-state index in [0.29, 0.717) is 24.3 Å². The number of fused-ring (bicyclic) bond motifs is 1. The average molecular weight is 448 g/mol. The van der Waals surface area contributed by atoms with Crippen LogP contribution in [-0.4, -0.2) is 50.2 Å². The Balaban J connectivity index is 1.14. The van der Waals surface area contributed by atoms with Gasteiger partial charge in [0.05, 0.1) is 43.2 Å². The standard InChI is InChI=1S/C24H29N7O2/c1-29-14-26-22-17(4-5-20(22)29)28-23(32)18-10-30(15-25-18)9-16-3-6-21(27-19(16)11-33-2)31-12-24(13-31)7-8-24/h3,6,10,14-15,17H,4-5,7-9,11-13H2,1-2H3,(H,28,32)/t17-/m1/s1. The second-order valence-corrected chi connectivity index (χ2v) is 9.75. The van der Waals surface area contributed by atoms with Crippen molar-refractivity contribution in [1.29, 1.82) is 0 Å². The second kappa shape index (κ2) is 7.69. The first-order valence-electron chi connectivity index (χ1n) is 11.6. The van der Waals surface area contributed by atoms with E-state index in [-0.39, 0.29) is 11.9 Å². The molecule has 172 valence electrons. The van der Waals surface area contributed by atoms with Gasteiger partial charge in [-0.3, -0.25) is 4.79 Å². The van der Waals surface area contributed by atoms with E-state index >= 15 is 0 Å². The fraction of sp³-hybridized carbons (Fsp3) is 0.500. The van der Waals surface area contributed by atoms with Crippen molar-refractivity contribution >= 4 is 11.7 Å². The highest BCUT2D eigenvalue weighted by Gasteiger charge is 2.52. The van der Waals surface area contributed by atoms with Crippen LogP contribution in [0, 0.1) is 5.41 Å². The Hall–Kier alpha value is -3.20. The number of hydrogen-bond acceptors (Lipinski definition) is 6. The zero-order chi connectivity index (χ0) is 22.6. The first-order chi connectivity index (χ1) is 16.0. The van der Waals surface area contributed by atoms with Crippen molar-refractivity contribution in [2.75, 3.05) is 25.1 Å². The number of aromatic nitrogens is 5. The maximum absolute atomic E-state index is 12.8. The summed E-state index contributed by atoms with van der Waals surface area (Å²) in [6, 6.07) is 4.16. The monoisotopic (exact) mass is 447 g/mol. The van der Waals surface area contributed by atoms with Crippen molar-refractivity contribution in [2.45, 2.75) is 44.9 Å². The molecule has 0 aromatic carbocycles. The molecule has 1 N–H and O–H groups in total. The van der Waals surface area contributed by atoms with Crippen molar-refractivity contribution in [3.63, 3.8) is 0 Å². The molecular formula is C24H29N7O2. The molecule has 1 atom stereocenters. The van der Waals surface area contributed by atoms with Crippen molar-refractivity contribution in [3.05, 3.63) is 59.3 Å². The Bertz CT molecular complexity index is 1200. The Morgan fingerprint density at radius 2 is 2.09 bits per heavy atom. The molecule has 3 aromatic heterocycles. The van der Waals surface area contributed by atoms with Crippen LogP contribution in [0.2, 0.25) is 0 Å². The number of nitrogens with zero attached hydrogens (tertiary/aromatic N) is 6. The van der Waals surface area contributed by atoms with E-state index in [2.05, 4.69) is 32.3 Å². The molecule has 1 saturated carbocycles. The third-order valence-electron chi connectivity index (χ3n) is 7.28. The third kappa shape index (κ3) is 3.70. The van der Waals surface area contributed by atoms with E-state index in [0.717, 1.165) is 48.7 Å². The molecule has 1 spiro atoms. The predicted octanol–water partition coefficient (Wildman–Crippen LogP) is 2.22. The molecule has 4 heterocycles. The molecule has 3 aromatic rings. The number of carbonyl (C=O) groups excluding carboxylic acids is 1. The summed E-state index contributed by atoms with van der Waals surface area (Å²) in [6.07, 6.45) is 9.80. The molecule has 1 aliphatic heterocycles. The maximum atomic E-state index is 12.8. The zero-order valence-corrected chi connectivity index (χ0v) is 19.1. The van der Waals surface area contributed by atoms with Gasteiger partial charge in [0.2, 0.25) is 0 Å². The van der Waals surface area contributed by atoms with Gasteiger partial charge in [0.15, 0.2) is 0 Å². The zero-order valence-electron chi connectivity index (χ0n) is 19.1. The normalized spacial score (nSPS) is 20.1. The molecule has 0 bridgehead atoms. The van der Waals surface area contributed by atoms with Crippen LogP contribution >= 0.6 is 0 Å². The van der Waals surface area contributed by atoms with Gasteiger partial charge in [-0.1, -0.05) is 6.07 Å². The molecular weight excluding hydrogens is 418 g/mol.